The largest absolute Gasteiger partial charge is 0.389 e. The number of aliphatic hydroxyl groups is 2. The number of thioether (sulfide) groups is 1. The van der Waals surface area contributed by atoms with Gasteiger partial charge in [-0.05, 0) is 17.2 Å². The lowest BCUT2D eigenvalue weighted by atomic mass is 10.1. The van der Waals surface area contributed by atoms with Crippen LogP contribution in [0.1, 0.15) is 17.9 Å². The van der Waals surface area contributed by atoms with Gasteiger partial charge in [-0.3, -0.25) is 4.57 Å². The summed E-state index contributed by atoms with van der Waals surface area (Å²) in [5.74, 6) is 0.536. The first-order chi connectivity index (χ1) is 12.5. The molecular formula is C17H18ClN5O2S. The Bertz CT molecular complexity index is 922. The molecule has 2 aromatic heterocycles. The van der Waals surface area contributed by atoms with Crippen molar-refractivity contribution in [2.45, 2.75) is 36.3 Å². The van der Waals surface area contributed by atoms with E-state index in [1.165, 1.54) is 11.8 Å². The van der Waals surface area contributed by atoms with Crippen LogP contribution in [0.4, 0.5) is 5.82 Å². The van der Waals surface area contributed by atoms with Crippen LogP contribution in [0.3, 0.4) is 0 Å². The van der Waals surface area contributed by atoms with Gasteiger partial charge in [0.25, 0.3) is 0 Å². The second kappa shape index (κ2) is 7.03. The molecule has 3 N–H and O–H groups in total. The Balaban J connectivity index is 1.67. The molecule has 0 aliphatic carbocycles. The van der Waals surface area contributed by atoms with Crippen LogP contribution < -0.4 is 5.32 Å². The van der Waals surface area contributed by atoms with E-state index in [2.05, 4.69) is 20.3 Å². The van der Waals surface area contributed by atoms with Gasteiger partial charge in [0, 0.05) is 11.8 Å². The van der Waals surface area contributed by atoms with Crippen molar-refractivity contribution in [3.63, 3.8) is 0 Å². The average Bonchev–Trinajstić information content (AvgIpc) is 3.17. The summed E-state index contributed by atoms with van der Waals surface area (Å²) in [5.41, 5.74) is 2.21. The Kier molecular flexibility index (Phi) is 4.74. The van der Waals surface area contributed by atoms with Gasteiger partial charge in [-0.2, -0.15) is 9.97 Å². The first kappa shape index (κ1) is 17.5. The van der Waals surface area contributed by atoms with Gasteiger partial charge in [0.05, 0.1) is 12.4 Å². The summed E-state index contributed by atoms with van der Waals surface area (Å²) in [6.07, 6.45) is -0.0908. The first-order valence-corrected chi connectivity index (χ1v) is 9.56. The molecule has 0 amide bonds. The van der Waals surface area contributed by atoms with Crippen LogP contribution in [0.25, 0.3) is 11.2 Å². The van der Waals surface area contributed by atoms with E-state index >= 15 is 0 Å². The molecule has 0 saturated carbocycles. The Hall–Kier alpha value is -1.87. The Morgan fingerprint density at radius 1 is 1.19 bits per heavy atom. The van der Waals surface area contributed by atoms with Crippen LogP contribution in [0.15, 0.2) is 36.7 Å². The number of aromatic nitrogens is 4. The molecule has 7 nitrogen and oxygen atoms in total. The number of aliphatic hydroxyl groups excluding tert-OH is 2. The Morgan fingerprint density at radius 3 is 2.65 bits per heavy atom. The van der Waals surface area contributed by atoms with E-state index in [4.69, 9.17) is 11.6 Å². The quantitative estimate of drug-likeness (QED) is 0.588. The lowest BCUT2D eigenvalue weighted by Gasteiger charge is -2.17. The van der Waals surface area contributed by atoms with Crippen molar-refractivity contribution < 1.29 is 10.2 Å². The van der Waals surface area contributed by atoms with Gasteiger partial charge < -0.3 is 15.5 Å². The van der Waals surface area contributed by atoms with Gasteiger partial charge in [-0.25, -0.2) is 4.98 Å². The zero-order chi connectivity index (χ0) is 18.3. The standard InChI is InChI=1S/C17H18ClN5O2S/c1-9-12(24)13(25)16(26-9)23-8-20-11-14(21-17(18)22-15(11)23)19-7-10-5-3-2-4-6-10/h2-6,8-9,12-13,16,24-25H,7H2,1H3,(H,19,21,22)/t9-,12+,13+,16-/m0/s1. The summed E-state index contributed by atoms with van der Waals surface area (Å²) < 4.78 is 1.75. The van der Waals surface area contributed by atoms with Gasteiger partial charge >= 0.3 is 0 Å². The highest BCUT2D eigenvalue weighted by Gasteiger charge is 2.41. The number of anilines is 1. The van der Waals surface area contributed by atoms with E-state index in [-0.39, 0.29) is 15.9 Å². The van der Waals surface area contributed by atoms with Crippen LogP contribution >= 0.6 is 23.4 Å². The molecule has 4 atom stereocenters. The fourth-order valence-electron chi connectivity index (χ4n) is 3.04. The minimum absolute atomic E-state index is 0.0829. The lowest BCUT2D eigenvalue weighted by molar-refractivity contribution is 0.0206. The van der Waals surface area contributed by atoms with Crippen molar-refractivity contribution in [3.05, 3.63) is 47.5 Å². The molecular weight excluding hydrogens is 374 g/mol. The third-order valence-corrected chi connectivity index (χ3v) is 6.11. The second-order valence-corrected chi connectivity index (χ2v) is 8.05. The van der Waals surface area contributed by atoms with Crippen LogP contribution in [-0.2, 0) is 6.54 Å². The number of hydrogen-bond donors (Lipinski definition) is 3. The molecule has 1 fully saturated rings. The molecule has 136 valence electrons. The van der Waals surface area contributed by atoms with Crippen LogP contribution in [0.5, 0.6) is 0 Å². The first-order valence-electron chi connectivity index (χ1n) is 8.24. The average molecular weight is 392 g/mol. The topological polar surface area (TPSA) is 96.1 Å². The molecule has 26 heavy (non-hydrogen) atoms. The number of nitrogens with zero attached hydrogens (tertiary/aromatic N) is 4. The normalized spacial score (nSPS) is 25.7. The summed E-state index contributed by atoms with van der Waals surface area (Å²) >= 11 is 7.59. The van der Waals surface area contributed by atoms with E-state index in [9.17, 15) is 10.2 Å². The smallest absolute Gasteiger partial charge is 0.226 e. The van der Waals surface area contributed by atoms with Crippen molar-refractivity contribution in [2.75, 3.05) is 5.32 Å². The number of fused-ring (bicyclic) bond motifs is 1. The van der Waals surface area contributed by atoms with Gasteiger partial charge in [0.1, 0.15) is 11.5 Å². The minimum atomic E-state index is -0.901. The van der Waals surface area contributed by atoms with Gasteiger partial charge in [-0.15, -0.1) is 11.8 Å². The van der Waals surface area contributed by atoms with Crippen molar-refractivity contribution in [2.24, 2.45) is 0 Å². The molecule has 1 aliphatic rings. The molecule has 1 aromatic carbocycles. The molecule has 0 spiro atoms. The molecule has 1 aliphatic heterocycles. The maximum atomic E-state index is 10.3. The second-order valence-electron chi connectivity index (χ2n) is 6.22. The van der Waals surface area contributed by atoms with Gasteiger partial charge in [0.15, 0.2) is 17.0 Å². The molecule has 3 aromatic rings. The number of nitrogens with one attached hydrogen (secondary N) is 1. The molecule has 0 bridgehead atoms. The van der Waals surface area contributed by atoms with Gasteiger partial charge in [-0.1, -0.05) is 37.3 Å². The maximum Gasteiger partial charge on any atom is 0.226 e. The SMILES string of the molecule is C[C@@H]1S[C@H](n2cnc3c(NCc4ccccc4)nc(Cl)nc32)[C@H](O)[C@@H]1O. The van der Waals surface area contributed by atoms with Crippen LogP contribution in [0.2, 0.25) is 5.28 Å². The number of benzene rings is 1. The summed E-state index contributed by atoms with van der Waals surface area (Å²) in [5, 5.41) is 23.3. The molecule has 4 rings (SSSR count). The predicted octanol–water partition coefficient (Wildman–Crippen LogP) is 2.45. The highest BCUT2D eigenvalue weighted by atomic mass is 35.5. The van der Waals surface area contributed by atoms with E-state index in [1.54, 1.807) is 10.9 Å². The summed E-state index contributed by atoms with van der Waals surface area (Å²) in [6.45, 7) is 2.46. The number of halogens is 1. The van der Waals surface area contributed by atoms with E-state index < -0.39 is 12.2 Å². The summed E-state index contributed by atoms with van der Waals surface area (Å²) in [7, 11) is 0. The van der Waals surface area contributed by atoms with Crippen molar-refractivity contribution >= 4 is 40.3 Å². The van der Waals surface area contributed by atoms with Crippen molar-refractivity contribution in [1.82, 2.24) is 19.5 Å². The summed E-state index contributed by atoms with van der Waals surface area (Å²) in [4.78, 5) is 13.0. The zero-order valence-corrected chi connectivity index (χ0v) is 15.5. The van der Waals surface area contributed by atoms with E-state index in [0.29, 0.717) is 23.5 Å². The molecule has 9 heteroatoms. The monoisotopic (exact) mass is 391 g/mol. The fourth-order valence-corrected chi connectivity index (χ4v) is 4.57. The molecule has 3 heterocycles. The summed E-state index contributed by atoms with van der Waals surface area (Å²) in [6, 6.07) is 9.93. The minimum Gasteiger partial charge on any atom is -0.389 e. The lowest BCUT2D eigenvalue weighted by Crippen LogP contribution is -2.30. The number of imidazole rings is 1. The van der Waals surface area contributed by atoms with Gasteiger partial charge in [0.2, 0.25) is 5.28 Å². The fraction of sp³-hybridized carbons (Fsp3) is 0.353. The van der Waals surface area contributed by atoms with Crippen LogP contribution in [-0.4, -0.2) is 47.2 Å². The number of rotatable bonds is 4. The Morgan fingerprint density at radius 2 is 1.96 bits per heavy atom. The number of hydrogen-bond acceptors (Lipinski definition) is 7. The zero-order valence-electron chi connectivity index (χ0n) is 14.0. The van der Waals surface area contributed by atoms with Crippen molar-refractivity contribution in [1.29, 1.82) is 0 Å². The van der Waals surface area contributed by atoms with Crippen molar-refractivity contribution in [3.8, 4) is 0 Å². The third kappa shape index (κ3) is 3.14. The molecule has 0 radical (unpaired) electrons. The van der Waals surface area contributed by atoms with E-state index in [1.807, 2.05) is 37.3 Å². The Labute approximate surface area is 159 Å². The van der Waals surface area contributed by atoms with E-state index in [0.717, 1.165) is 5.56 Å². The highest BCUT2D eigenvalue weighted by molar-refractivity contribution is 8.00. The third-order valence-electron chi connectivity index (χ3n) is 4.45. The molecule has 0 unspecified atom stereocenters. The maximum absolute atomic E-state index is 10.3. The molecule has 1 saturated heterocycles. The highest BCUT2D eigenvalue weighted by Crippen LogP contribution is 2.43. The predicted molar refractivity (Wildman–Crippen MR) is 102 cm³/mol. The van der Waals surface area contributed by atoms with Crippen LogP contribution in [0, 0.1) is 0 Å².